The van der Waals surface area contributed by atoms with Crippen molar-refractivity contribution in [1.82, 2.24) is 15.3 Å². The first-order valence-electron chi connectivity index (χ1n) is 7.79. The third-order valence-corrected chi connectivity index (χ3v) is 4.27. The first-order valence-corrected chi connectivity index (χ1v) is 7.79. The Morgan fingerprint density at radius 3 is 2.80 bits per heavy atom. The quantitative estimate of drug-likeness (QED) is 0.897. The first-order chi connectivity index (χ1) is 9.79. The minimum absolute atomic E-state index is 0.224. The fraction of sp³-hybridized carbons (Fsp3) is 0.733. The van der Waals surface area contributed by atoms with E-state index in [1.54, 1.807) is 0 Å². The van der Waals surface area contributed by atoms with Crippen LogP contribution < -0.4 is 10.2 Å². The summed E-state index contributed by atoms with van der Waals surface area (Å²) in [6.45, 7) is 3.87. The van der Waals surface area contributed by atoms with Gasteiger partial charge in [-0.25, -0.2) is 14.4 Å². The van der Waals surface area contributed by atoms with Gasteiger partial charge in [-0.3, -0.25) is 0 Å². The second-order valence-corrected chi connectivity index (χ2v) is 5.84. The molecule has 1 N–H and O–H groups in total. The largest absolute Gasteiger partial charge is 0.350 e. The average Bonchev–Trinajstić information content (AvgIpc) is 3.31. The molecule has 20 heavy (non-hydrogen) atoms. The van der Waals surface area contributed by atoms with Gasteiger partial charge in [-0.15, -0.1) is 0 Å². The molecule has 1 saturated carbocycles. The molecule has 1 aliphatic carbocycles. The molecule has 1 atom stereocenters. The molecule has 0 spiro atoms. The molecule has 1 aromatic heterocycles. The van der Waals surface area contributed by atoms with Crippen LogP contribution in [0.2, 0.25) is 0 Å². The van der Waals surface area contributed by atoms with E-state index in [4.69, 9.17) is 0 Å². The third kappa shape index (κ3) is 2.92. The highest BCUT2D eigenvalue weighted by molar-refractivity contribution is 5.44. The van der Waals surface area contributed by atoms with Crippen LogP contribution in [-0.2, 0) is 6.42 Å². The van der Waals surface area contributed by atoms with Crippen LogP contribution in [-0.4, -0.2) is 35.1 Å². The standard InChI is InChI=1S/C15H23FN4/c1-2-13-14(16)15(19-10-18-13)20(12-6-7-12)9-11-5-3-4-8-17-11/h10-12,17H,2-9H2,1H3. The predicted molar refractivity (Wildman–Crippen MR) is 77.4 cm³/mol. The van der Waals surface area contributed by atoms with E-state index < -0.39 is 0 Å². The van der Waals surface area contributed by atoms with Crippen LogP contribution in [0.15, 0.2) is 6.33 Å². The Labute approximate surface area is 119 Å². The molecule has 0 bridgehead atoms. The van der Waals surface area contributed by atoms with Gasteiger partial charge < -0.3 is 10.2 Å². The lowest BCUT2D eigenvalue weighted by Gasteiger charge is -2.31. The molecule has 1 aromatic rings. The van der Waals surface area contributed by atoms with Gasteiger partial charge in [0.15, 0.2) is 11.6 Å². The molecular weight excluding hydrogens is 255 g/mol. The summed E-state index contributed by atoms with van der Waals surface area (Å²) in [6, 6.07) is 0.927. The van der Waals surface area contributed by atoms with Crippen molar-refractivity contribution in [3.8, 4) is 0 Å². The van der Waals surface area contributed by atoms with Crippen molar-refractivity contribution in [3.05, 3.63) is 17.8 Å². The van der Waals surface area contributed by atoms with E-state index in [0.29, 0.717) is 30.0 Å². The van der Waals surface area contributed by atoms with E-state index in [1.807, 2.05) is 6.92 Å². The van der Waals surface area contributed by atoms with Gasteiger partial charge in [-0.1, -0.05) is 13.3 Å². The summed E-state index contributed by atoms with van der Waals surface area (Å²) in [7, 11) is 0. The minimum atomic E-state index is -0.224. The zero-order valence-corrected chi connectivity index (χ0v) is 12.1. The molecule has 110 valence electrons. The van der Waals surface area contributed by atoms with Gasteiger partial charge >= 0.3 is 0 Å². The van der Waals surface area contributed by atoms with E-state index in [0.717, 1.165) is 25.9 Å². The number of rotatable bonds is 5. The Balaban J connectivity index is 1.79. The fourth-order valence-electron chi connectivity index (χ4n) is 2.95. The molecule has 2 aliphatic rings. The van der Waals surface area contributed by atoms with E-state index in [9.17, 15) is 4.39 Å². The molecule has 1 aliphatic heterocycles. The Bertz CT molecular complexity index is 455. The molecule has 5 heteroatoms. The average molecular weight is 278 g/mol. The molecule has 0 amide bonds. The van der Waals surface area contributed by atoms with Gasteiger partial charge in [0.05, 0.1) is 5.69 Å². The molecular formula is C15H23FN4. The Hall–Kier alpha value is -1.23. The first kappa shape index (κ1) is 13.7. The van der Waals surface area contributed by atoms with Crippen LogP contribution >= 0.6 is 0 Å². The van der Waals surface area contributed by atoms with Gasteiger partial charge in [0, 0.05) is 18.6 Å². The maximum atomic E-state index is 14.5. The predicted octanol–water partition coefficient (Wildman–Crippen LogP) is 2.29. The molecule has 1 saturated heterocycles. The van der Waals surface area contributed by atoms with Gasteiger partial charge in [-0.2, -0.15) is 0 Å². The van der Waals surface area contributed by atoms with Gasteiger partial charge in [0.1, 0.15) is 6.33 Å². The summed E-state index contributed by atoms with van der Waals surface area (Å²) in [5, 5.41) is 3.54. The van der Waals surface area contributed by atoms with Crippen LogP contribution in [0.5, 0.6) is 0 Å². The van der Waals surface area contributed by atoms with E-state index in [1.165, 1.54) is 25.6 Å². The molecule has 0 radical (unpaired) electrons. The Kier molecular flexibility index (Phi) is 4.15. The Morgan fingerprint density at radius 2 is 2.15 bits per heavy atom. The molecule has 2 heterocycles. The van der Waals surface area contributed by atoms with Crippen LogP contribution in [0.3, 0.4) is 0 Å². The van der Waals surface area contributed by atoms with E-state index in [2.05, 4.69) is 20.2 Å². The summed E-state index contributed by atoms with van der Waals surface area (Å²) in [4.78, 5) is 10.4. The van der Waals surface area contributed by atoms with E-state index in [-0.39, 0.29) is 5.82 Å². The Morgan fingerprint density at radius 1 is 1.30 bits per heavy atom. The maximum Gasteiger partial charge on any atom is 0.187 e. The molecule has 2 fully saturated rings. The second kappa shape index (κ2) is 6.04. The lowest BCUT2D eigenvalue weighted by atomic mass is 10.0. The number of halogens is 1. The third-order valence-electron chi connectivity index (χ3n) is 4.27. The van der Waals surface area contributed by atoms with Crippen molar-refractivity contribution < 1.29 is 4.39 Å². The number of aromatic nitrogens is 2. The summed E-state index contributed by atoms with van der Waals surface area (Å²) < 4.78 is 14.5. The van der Waals surface area contributed by atoms with Crippen molar-refractivity contribution in [2.24, 2.45) is 0 Å². The van der Waals surface area contributed by atoms with Crippen LogP contribution in [0, 0.1) is 5.82 Å². The number of piperidine rings is 1. The second-order valence-electron chi connectivity index (χ2n) is 5.84. The van der Waals surface area contributed by atoms with Crippen molar-refractivity contribution in [3.63, 3.8) is 0 Å². The number of nitrogens with one attached hydrogen (secondary N) is 1. The van der Waals surface area contributed by atoms with Gasteiger partial charge in [0.25, 0.3) is 0 Å². The zero-order chi connectivity index (χ0) is 13.9. The smallest absolute Gasteiger partial charge is 0.187 e. The lowest BCUT2D eigenvalue weighted by molar-refractivity contribution is 0.396. The highest BCUT2D eigenvalue weighted by atomic mass is 19.1. The summed E-state index contributed by atoms with van der Waals surface area (Å²) >= 11 is 0. The van der Waals surface area contributed by atoms with Crippen LogP contribution in [0.25, 0.3) is 0 Å². The zero-order valence-electron chi connectivity index (χ0n) is 12.1. The van der Waals surface area contributed by atoms with Crippen LogP contribution in [0.1, 0.15) is 44.7 Å². The highest BCUT2D eigenvalue weighted by Gasteiger charge is 2.34. The topological polar surface area (TPSA) is 41.1 Å². The fourth-order valence-corrected chi connectivity index (χ4v) is 2.95. The number of anilines is 1. The summed E-state index contributed by atoms with van der Waals surface area (Å²) in [5.74, 6) is 0.282. The highest BCUT2D eigenvalue weighted by Crippen LogP contribution is 2.33. The van der Waals surface area contributed by atoms with Crippen molar-refractivity contribution in [1.29, 1.82) is 0 Å². The summed E-state index contributed by atoms with van der Waals surface area (Å²) in [5.41, 5.74) is 0.525. The number of aryl methyl sites for hydroxylation is 1. The number of hydrogen-bond donors (Lipinski definition) is 1. The molecule has 3 rings (SSSR count). The van der Waals surface area contributed by atoms with E-state index >= 15 is 0 Å². The van der Waals surface area contributed by atoms with Gasteiger partial charge in [0.2, 0.25) is 0 Å². The SMILES string of the molecule is CCc1ncnc(N(CC2CCCCN2)C2CC2)c1F. The number of nitrogens with zero attached hydrogens (tertiary/aromatic N) is 3. The molecule has 1 unspecified atom stereocenters. The van der Waals surface area contributed by atoms with Crippen molar-refractivity contribution >= 4 is 5.82 Å². The van der Waals surface area contributed by atoms with Crippen molar-refractivity contribution in [2.75, 3.05) is 18.0 Å². The molecule has 0 aromatic carbocycles. The monoisotopic (exact) mass is 278 g/mol. The van der Waals surface area contributed by atoms with Gasteiger partial charge in [-0.05, 0) is 38.6 Å². The normalized spacial score (nSPS) is 22.8. The minimum Gasteiger partial charge on any atom is -0.350 e. The lowest BCUT2D eigenvalue weighted by Crippen LogP contribution is -2.45. The summed E-state index contributed by atoms with van der Waals surface area (Å²) in [6.07, 6.45) is 8.11. The molecule has 4 nitrogen and oxygen atoms in total. The number of hydrogen-bond acceptors (Lipinski definition) is 4. The van der Waals surface area contributed by atoms with Crippen molar-refractivity contribution in [2.45, 2.75) is 57.5 Å². The van der Waals surface area contributed by atoms with Crippen LogP contribution in [0.4, 0.5) is 10.2 Å². The maximum absolute atomic E-state index is 14.5.